The van der Waals surface area contributed by atoms with Gasteiger partial charge in [-0.15, -0.1) is 0 Å². The van der Waals surface area contributed by atoms with Gasteiger partial charge in [-0.25, -0.2) is 0 Å². The summed E-state index contributed by atoms with van der Waals surface area (Å²) in [5.74, 6) is 0.728. The molecular weight excluding hydrogens is 218 g/mol. The lowest BCUT2D eigenvalue weighted by molar-refractivity contribution is 0.534. The van der Waals surface area contributed by atoms with Gasteiger partial charge in [0.15, 0.2) is 0 Å². The molecule has 0 amide bonds. The van der Waals surface area contributed by atoms with Crippen molar-refractivity contribution < 1.29 is 0 Å². The predicted molar refractivity (Wildman–Crippen MR) is 81.4 cm³/mol. The van der Waals surface area contributed by atoms with E-state index < -0.39 is 0 Å². The third-order valence-electron chi connectivity index (χ3n) is 3.81. The molecule has 1 aromatic heterocycles. The van der Waals surface area contributed by atoms with E-state index in [2.05, 4.69) is 52.6 Å². The minimum Gasteiger partial charge on any atom is -0.361 e. The highest BCUT2D eigenvalue weighted by atomic mass is 14.8. The van der Waals surface area contributed by atoms with E-state index in [9.17, 15) is 0 Å². The van der Waals surface area contributed by atoms with Crippen LogP contribution in [-0.4, -0.2) is 4.98 Å². The molecule has 0 aliphatic carbocycles. The van der Waals surface area contributed by atoms with Crippen molar-refractivity contribution in [1.82, 2.24) is 4.98 Å². The van der Waals surface area contributed by atoms with Crippen LogP contribution < -0.4 is 0 Å². The average molecular weight is 249 g/mol. The van der Waals surface area contributed by atoms with Crippen LogP contribution in [0.25, 0.3) is 0 Å². The zero-order valence-corrected chi connectivity index (χ0v) is 13.2. The van der Waals surface area contributed by atoms with Crippen LogP contribution in [0, 0.1) is 0 Å². The summed E-state index contributed by atoms with van der Waals surface area (Å²) >= 11 is 0. The molecule has 0 aliphatic rings. The van der Waals surface area contributed by atoms with Gasteiger partial charge in [-0.05, 0) is 36.8 Å². The Hall–Kier alpha value is -0.720. The van der Waals surface area contributed by atoms with Crippen molar-refractivity contribution in [3.05, 3.63) is 23.0 Å². The molecule has 0 bridgehead atoms. The average Bonchev–Trinajstić information content (AvgIpc) is 2.72. The van der Waals surface area contributed by atoms with Gasteiger partial charge in [0, 0.05) is 16.8 Å². The molecule has 0 saturated heterocycles. The summed E-state index contributed by atoms with van der Waals surface area (Å²) in [7, 11) is 0. The highest BCUT2D eigenvalue weighted by Crippen LogP contribution is 2.32. The molecule has 1 rings (SSSR count). The van der Waals surface area contributed by atoms with E-state index in [1.165, 1.54) is 42.6 Å². The van der Waals surface area contributed by atoms with Crippen LogP contribution in [0.2, 0.25) is 0 Å². The number of aromatic amines is 1. The van der Waals surface area contributed by atoms with Gasteiger partial charge in [0.2, 0.25) is 0 Å². The van der Waals surface area contributed by atoms with E-state index in [0.717, 1.165) is 12.3 Å². The molecule has 1 N–H and O–H groups in total. The van der Waals surface area contributed by atoms with Gasteiger partial charge >= 0.3 is 0 Å². The lowest BCUT2D eigenvalue weighted by atomic mass is 9.91. The standard InChI is InChI=1S/C17H31N/c1-7-10-14(11-8-2)16-13(9-3)12-15(18-16)17(4,5)6/h12,14,18H,7-11H2,1-6H3. The second-order valence-corrected chi connectivity index (χ2v) is 6.50. The van der Waals surface area contributed by atoms with E-state index in [1.807, 2.05) is 0 Å². The van der Waals surface area contributed by atoms with Crippen molar-refractivity contribution in [1.29, 1.82) is 0 Å². The highest BCUT2D eigenvalue weighted by Gasteiger charge is 2.21. The number of aryl methyl sites for hydroxylation is 1. The maximum Gasteiger partial charge on any atom is 0.0213 e. The normalized spacial score (nSPS) is 12.4. The van der Waals surface area contributed by atoms with E-state index >= 15 is 0 Å². The number of rotatable bonds is 6. The smallest absolute Gasteiger partial charge is 0.0213 e. The molecule has 104 valence electrons. The molecule has 0 spiro atoms. The molecular formula is C17H31N. The summed E-state index contributed by atoms with van der Waals surface area (Å²) in [6.45, 7) is 13.7. The van der Waals surface area contributed by atoms with Gasteiger partial charge in [0.1, 0.15) is 0 Å². The molecule has 0 aliphatic heterocycles. The van der Waals surface area contributed by atoms with Crippen molar-refractivity contribution in [2.45, 2.75) is 85.0 Å². The topological polar surface area (TPSA) is 15.8 Å². The van der Waals surface area contributed by atoms with Crippen LogP contribution in [0.5, 0.6) is 0 Å². The van der Waals surface area contributed by atoms with Crippen molar-refractivity contribution >= 4 is 0 Å². The van der Waals surface area contributed by atoms with Crippen LogP contribution in [0.1, 0.15) is 90.1 Å². The van der Waals surface area contributed by atoms with Gasteiger partial charge in [-0.1, -0.05) is 54.4 Å². The van der Waals surface area contributed by atoms with Gasteiger partial charge in [0.05, 0.1) is 0 Å². The van der Waals surface area contributed by atoms with E-state index in [0.29, 0.717) is 0 Å². The Balaban J connectivity index is 3.08. The molecule has 0 unspecified atom stereocenters. The Kier molecular flexibility index (Phi) is 5.49. The largest absolute Gasteiger partial charge is 0.361 e. The molecule has 1 heteroatoms. The van der Waals surface area contributed by atoms with Gasteiger partial charge in [-0.2, -0.15) is 0 Å². The Labute approximate surface area is 113 Å². The molecule has 0 fully saturated rings. The SMILES string of the molecule is CCCC(CCC)c1[nH]c(C(C)(C)C)cc1CC. The molecule has 0 saturated carbocycles. The second-order valence-electron chi connectivity index (χ2n) is 6.50. The third kappa shape index (κ3) is 3.63. The minimum atomic E-state index is 0.227. The molecule has 0 radical (unpaired) electrons. The maximum atomic E-state index is 3.74. The Bertz CT molecular complexity index is 348. The van der Waals surface area contributed by atoms with Crippen LogP contribution in [0.3, 0.4) is 0 Å². The van der Waals surface area contributed by atoms with Crippen LogP contribution >= 0.6 is 0 Å². The van der Waals surface area contributed by atoms with Crippen molar-refractivity contribution in [3.8, 4) is 0 Å². The zero-order chi connectivity index (χ0) is 13.8. The molecule has 18 heavy (non-hydrogen) atoms. The van der Waals surface area contributed by atoms with E-state index in [-0.39, 0.29) is 5.41 Å². The number of nitrogens with one attached hydrogen (secondary N) is 1. The monoisotopic (exact) mass is 249 g/mol. The fourth-order valence-electron chi connectivity index (χ4n) is 2.70. The van der Waals surface area contributed by atoms with Crippen LogP contribution in [0.15, 0.2) is 6.07 Å². The van der Waals surface area contributed by atoms with Gasteiger partial charge in [-0.3, -0.25) is 0 Å². The lowest BCUT2D eigenvalue weighted by Gasteiger charge is -2.18. The molecule has 1 heterocycles. The minimum absolute atomic E-state index is 0.227. The second kappa shape index (κ2) is 6.45. The van der Waals surface area contributed by atoms with E-state index in [4.69, 9.17) is 0 Å². The Morgan fingerprint density at radius 1 is 1.06 bits per heavy atom. The Morgan fingerprint density at radius 2 is 1.61 bits per heavy atom. The number of aromatic nitrogens is 1. The third-order valence-corrected chi connectivity index (χ3v) is 3.81. The van der Waals surface area contributed by atoms with Crippen LogP contribution in [-0.2, 0) is 11.8 Å². The number of H-pyrrole nitrogens is 1. The number of hydrogen-bond acceptors (Lipinski definition) is 0. The molecule has 0 aromatic carbocycles. The van der Waals surface area contributed by atoms with Gasteiger partial charge in [0.25, 0.3) is 0 Å². The first kappa shape index (κ1) is 15.3. The fraction of sp³-hybridized carbons (Fsp3) is 0.765. The van der Waals surface area contributed by atoms with Crippen LogP contribution in [0.4, 0.5) is 0 Å². The van der Waals surface area contributed by atoms with Crippen molar-refractivity contribution in [2.24, 2.45) is 0 Å². The zero-order valence-electron chi connectivity index (χ0n) is 13.2. The first-order valence-corrected chi connectivity index (χ1v) is 7.66. The first-order chi connectivity index (χ1) is 8.43. The van der Waals surface area contributed by atoms with E-state index in [1.54, 1.807) is 0 Å². The maximum absolute atomic E-state index is 3.74. The summed E-state index contributed by atoms with van der Waals surface area (Å²) in [4.78, 5) is 3.74. The molecule has 0 atom stereocenters. The first-order valence-electron chi connectivity index (χ1n) is 7.66. The molecule has 1 nitrogen and oxygen atoms in total. The summed E-state index contributed by atoms with van der Waals surface area (Å²) in [5, 5.41) is 0. The quantitative estimate of drug-likeness (QED) is 0.679. The summed E-state index contributed by atoms with van der Waals surface area (Å²) in [6, 6.07) is 2.40. The Morgan fingerprint density at radius 3 is 2.00 bits per heavy atom. The number of hydrogen-bond donors (Lipinski definition) is 1. The molecule has 1 aromatic rings. The lowest BCUT2D eigenvalue weighted by Crippen LogP contribution is -2.12. The van der Waals surface area contributed by atoms with Crippen molar-refractivity contribution in [2.75, 3.05) is 0 Å². The summed E-state index contributed by atoms with van der Waals surface area (Å²) in [5.41, 5.74) is 4.68. The van der Waals surface area contributed by atoms with Gasteiger partial charge < -0.3 is 4.98 Å². The predicted octanol–water partition coefficient (Wildman–Crippen LogP) is 5.56. The highest BCUT2D eigenvalue weighted by molar-refractivity contribution is 5.32. The summed E-state index contributed by atoms with van der Waals surface area (Å²) < 4.78 is 0. The summed E-state index contributed by atoms with van der Waals surface area (Å²) in [6.07, 6.45) is 6.32. The fourth-order valence-corrected chi connectivity index (χ4v) is 2.70. The van der Waals surface area contributed by atoms with Crippen molar-refractivity contribution in [3.63, 3.8) is 0 Å².